The van der Waals surface area contributed by atoms with Crippen molar-refractivity contribution in [3.63, 3.8) is 0 Å². The predicted molar refractivity (Wildman–Crippen MR) is 89.2 cm³/mol. The smallest absolute Gasteiger partial charge is 0.335 e. The first-order valence-corrected chi connectivity index (χ1v) is 7.61. The number of hydrogen-bond acceptors (Lipinski definition) is 6. The van der Waals surface area contributed by atoms with E-state index in [1.54, 1.807) is 12.1 Å². The maximum Gasteiger partial charge on any atom is 0.335 e. The Hall–Kier alpha value is -2.83. The zero-order valence-corrected chi connectivity index (χ0v) is 12.7. The molecule has 23 heavy (non-hydrogen) atoms. The Labute approximate surface area is 134 Å². The molecule has 7 nitrogen and oxygen atoms in total. The summed E-state index contributed by atoms with van der Waals surface area (Å²) < 4.78 is 0. The Kier molecular flexibility index (Phi) is 4.27. The Morgan fingerprint density at radius 3 is 2.48 bits per heavy atom. The van der Waals surface area contributed by atoms with E-state index in [1.807, 2.05) is 0 Å². The van der Waals surface area contributed by atoms with Crippen molar-refractivity contribution in [2.45, 2.75) is 19.3 Å². The van der Waals surface area contributed by atoms with Crippen LogP contribution in [-0.4, -0.2) is 34.1 Å². The molecule has 0 bridgehead atoms. The second kappa shape index (κ2) is 6.51. The van der Waals surface area contributed by atoms with Crippen LogP contribution in [0.15, 0.2) is 30.6 Å². The summed E-state index contributed by atoms with van der Waals surface area (Å²) in [4.78, 5) is 21.6. The van der Waals surface area contributed by atoms with Crippen LogP contribution in [-0.2, 0) is 0 Å². The number of anilines is 4. The van der Waals surface area contributed by atoms with Gasteiger partial charge in [-0.05, 0) is 43.5 Å². The summed E-state index contributed by atoms with van der Waals surface area (Å²) >= 11 is 0. The van der Waals surface area contributed by atoms with E-state index >= 15 is 0 Å². The number of benzene rings is 1. The van der Waals surface area contributed by atoms with Crippen LogP contribution in [0.3, 0.4) is 0 Å². The topological polar surface area (TPSA) is 104 Å². The summed E-state index contributed by atoms with van der Waals surface area (Å²) in [6.45, 7) is 1.90. The molecule has 2 heterocycles. The normalized spacial score (nSPS) is 14.5. The molecule has 1 aliphatic heterocycles. The average molecular weight is 313 g/mol. The quantitative estimate of drug-likeness (QED) is 0.796. The predicted octanol–water partition coefficient (Wildman–Crippen LogP) is 2.49. The number of carbonyl (C=O) groups is 1. The first-order valence-electron chi connectivity index (χ1n) is 7.61. The van der Waals surface area contributed by atoms with Crippen molar-refractivity contribution >= 4 is 29.0 Å². The van der Waals surface area contributed by atoms with Gasteiger partial charge in [-0.1, -0.05) is 0 Å². The first kappa shape index (κ1) is 15.1. The molecule has 120 valence electrons. The highest BCUT2D eigenvalue weighted by atomic mass is 16.4. The van der Waals surface area contributed by atoms with Crippen molar-refractivity contribution in [3.8, 4) is 0 Å². The van der Waals surface area contributed by atoms with Gasteiger partial charge in [0.2, 0.25) is 0 Å². The number of nitrogens with one attached hydrogen (secondary N) is 1. The van der Waals surface area contributed by atoms with Gasteiger partial charge in [-0.25, -0.2) is 14.8 Å². The Balaban J connectivity index is 1.81. The number of nitrogens with zero attached hydrogens (tertiary/aromatic N) is 3. The van der Waals surface area contributed by atoms with Crippen molar-refractivity contribution in [3.05, 3.63) is 36.2 Å². The molecule has 7 heteroatoms. The highest BCUT2D eigenvalue weighted by Crippen LogP contribution is 2.30. The average Bonchev–Trinajstić information content (AvgIpc) is 2.58. The fraction of sp³-hybridized carbons (Fsp3) is 0.312. The van der Waals surface area contributed by atoms with E-state index in [0.717, 1.165) is 37.4 Å². The van der Waals surface area contributed by atoms with Gasteiger partial charge < -0.3 is 21.1 Å². The number of piperidine rings is 1. The number of hydrogen-bond donors (Lipinski definition) is 3. The van der Waals surface area contributed by atoms with Crippen LogP contribution in [0.25, 0.3) is 0 Å². The lowest BCUT2D eigenvalue weighted by molar-refractivity contribution is 0.0697. The first-order chi connectivity index (χ1) is 11.1. The summed E-state index contributed by atoms with van der Waals surface area (Å²) in [5.41, 5.74) is 7.69. The largest absolute Gasteiger partial charge is 0.478 e. The molecule has 1 saturated heterocycles. The third kappa shape index (κ3) is 3.33. The summed E-state index contributed by atoms with van der Waals surface area (Å²) in [6, 6.07) is 6.44. The van der Waals surface area contributed by atoms with E-state index in [2.05, 4.69) is 20.2 Å². The summed E-state index contributed by atoms with van der Waals surface area (Å²) in [7, 11) is 0. The SMILES string of the molecule is Nc1c(Nc2ccc(C(=O)O)cc2)ncnc1N1CCCCC1. The molecule has 0 atom stereocenters. The molecule has 0 radical (unpaired) electrons. The molecule has 0 aliphatic carbocycles. The number of aromatic nitrogens is 2. The molecular weight excluding hydrogens is 294 g/mol. The molecular formula is C16H19N5O2. The van der Waals surface area contributed by atoms with Crippen molar-refractivity contribution < 1.29 is 9.90 Å². The summed E-state index contributed by atoms with van der Waals surface area (Å²) in [5.74, 6) is 0.332. The zero-order chi connectivity index (χ0) is 16.2. The van der Waals surface area contributed by atoms with Crippen LogP contribution < -0.4 is 16.0 Å². The van der Waals surface area contributed by atoms with Gasteiger partial charge in [0.05, 0.1) is 5.56 Å². The van der Waals surface area contributed by atoms with Crippen LogP contribution >= 0.6 is 0 Å². The van der Waals surface area contributed by atoms with Crippen LogP contribution in [0.1, 0.15) is 29.6 Å². The van der Waals surface area contributed by atoms with E-state index in [4.69, 9.17) is 10.8 Å². The number of carboxylic acid groups (broad SMARTS) is 1. The molecule has 3 rings (SSSR count). The maximum atomic E-state index is 10.9. The molecule has 1 aromatic carbocycles. The Morgan fingerprint density at radius 1 is 1.13 bits per heavy atom. The molecule has 0 spiro atoms. The second-order valence-corrected chi connectivity index (χ2v) is 5.51. The highest BCUT2D eigenvalue weighted by Gasteiger charge is 2.17. The minimum absolute atomic E-state index is 0.236. The van der Waals surface area contributed by atoms with E-state index in [9.17, 15) is 4.79 Å². The third-order valence-corrected chi connectivity index (χ3v) is 3.91. The zero-order valence-electron chi connectivity index (χ0n) is 12.7. The number of nitrogens with two attached hydrogens (primary N) is 1. The van der Waals surface area contributed by atoms with Crippen LogP contribution in [0, 0.1) is 0 Å². The van der Waals surface area contributed by atoms with E-state index in [-0.39, 0.29) is 5.56 Å². The summed E-state index contributed by atoms with van der Waals surface area (Å²) in [6.07, 6.45) is 5.02. The van der Waals surface area contributed by atoms with Crippen molar-refractivity contribution in [2.24, 2.45) is 0 Å². The lowest BCUT2D eigenvalue weighted by Crippen LogP contribution is -2.31. The molecule has 1 fully saturated rings. The lowest BCUT2D eigenvalue weighted by atomic mass is 10.1. The monoisotopic (exact) mass is 313 g/mol. The fourth-order valence-electron chi connectivity index (χ4n) is 2.68. The third-order valence-electron chi connectivity index (χ3n) is 3.91. The number of aromatic carboxylic acids is 1. The minimum Gasteiger partial charge on any atom is -0.478 e. The van der Waals surface area contributed by atoms with Crippen LogP contribution in [0.2, 0.25) is 0 Å². The van der Waals surface area contributed by atoms with E-state index < -0.39 is 5.97 Å². The maximum absolute atomic E-state index is 10.9. The molecule has 4 N–H and O–H groups in total. The van der Waals surface area contributed by atoms with Gasteiger partial charge in [-0.15, -0.1) is 0 Å². The van der Waals surface area contributed by atoms with Gasteiger partial charge in [0, 0.05) is 18.8 Å². The van der Waals surface area contributed by atoms with Crippen LogP contribution in [0.5, 0.6) is 0 Å². The lowest BCUT2D eigenvalue weighted by Gasteiger charge is -2.28. The number of carboxylic acids is 1. The number of rotatable bonds is 4. The van der Waals surface area contributed by atoms with Gasteiger partial charge in [0.15, 0.2) is 11.6 Å². The van der Waals surface area contributed by atoms with Crippen molar-refractivity contribution in [2.75, 3.05) is 29.0 Å². The second-order valence-electron chi connectivity index (χ2n) is 5.51. The standard InChI is InChI=1S/C16H19N5O2/c17-13-14(20-12-6-4-11(5-7-12)16(22)23)18-10-19-15(13)21-8-2-1-3-9-21/h4-7,10H,1-3,8-9,17H2,(H,22,23)(H,18,19,20). The Morgan fingerprint density at radius 2 is 1.83 bits per heavy atom. The van der Waals surface area contributed by atoms with Crippen LogP contribution in [0.4, 0.5) is 23.0 Å². The summed E-state index contributed by atoms with van der Waals surface area (Å²) in [5, 5.41) is 12.0. The fourth-order valence-corrected chi connectivity index (χ4v) is 2.68. The molecule has 1 aromatic heterocycles. The van der Waals surface area contributed by atoms with E-state index in [1.165, 1.54) is 24.9 Å². The van der Waals surface area contributed by atoms with Gasteiger partial charge >= 0.3 is 5.97 Å². The van der Waals surface area contributed by atoms with Gasteiger partial charge in [-0.2, -0.15) is 0 Å². The van der Waals surface area contributed by atoms with Gasteiger partial charge in [-0.3, -0.25) is 0 Å². The van der Waals surface area contributed by atoms with Crippen molar-refractivity contribution in [1.29, 1.82) is 0 Å². The number of nitrogen functional groups attached to an aromatic ring is 1. The molecule has 1 aliphatic rings. The molecule has 2 aromatic rings. The Bertz CT molecular complexity index is 696. The van der Waals surface area contributed by atoms with E-state index in [0.29, 0.717) is 11.5 Å². The van der Waals surface area contributed by atoms with Gasteiger partial charge in [0.1, 0.15) is 12.0 Å². The minimum atomic E-state index is -0.953. The van der Waals surface area contributed by atoms with Crippen molar-refractivity contribution in [1.82, 2.24) is 9.97 Å². The molecule has 0 saturated carbocycles. The van der Waals surface area contributed by atoms with Gasteiger partial charge in [0.25, 0.3) is 0 Å². The molecule has 0 unspecified atom stereocenters. The molecule has 0 amide bonds. The highest BCUT2D eigenvalue weighted by molar-refractivity contribution is 5.88.